The van der Waals surface area contributed by atoms with Crippen molar-refractivity contribution in [3.63, 3.8) is 0 Å². The van der Waals surface area contributed by atoms with Gasteiger partial charge in [-0.05, 0) is 18.9 Å². The van der Waals surface area contributed by atoms with Crippen molar-refractivity contribution in [1.82, 2.24) is 4.57 Å². The van der Waals surface area contributed by atoms with Crippen LogP contribution in [0.15, 0.2) is 0 Å². The molecule has 0 N–H and O–H groups in total. The molecule has 2 saturated heterocycles. The van der Waals surface area contributed by atoms with Gasteiger partial charge in [0.15, 0.2) is 14.0 Å². The maximum absolute atomic E-state index is 12.6. The average molecular weight is 327 g/mol. The van der Waals surface area contributed by atoms with Crippen molar-refractivity contribution >= 4 is 19.9 Å². The predicted molar refractivity (Wildman–Crippen MR) is 86.9 cm³/mol. The summed E-state index contributed by atoms with van der Waals surface area (Å²) in [5.41, 5.74) is 0. The number of carbonyl (C=O) groups is 2. The lowest BCUT2D eigenvalue weighted by Gasteiger charge is -2.58. The van der Waals surface area contributed by atoms with Crippen molar-refractivity contribution in [3.05, 3.63) is 0 Å². The Hall–Kier alpha value is -0.723. The minimum atomic E-state index is -2.02. The molecule has 0 unspecified atom stereocenters. The molecule has 0 radical (unpaired) electrons. The van der Waals surface area contributed by atoms with Gasteiger partial charge in [-0.1, -0.05) is 33.9 Å². The molecule has 2 aliphatic rings. The second kappa shape index (κ2) is 5.42. The summed E-state index contributed by atoms with van der Waals surface area (Å²) in [5.74, 6) is -1.27. The minimum absolute atomic E-state index is 0.00862. The molecule has 0 aromatic heterocycles. The topological polar surface area (TPSA) is 55.8 Å². The molecule has 2 fully saturated rings. The summed E-state index contributed by atoms with van der Waals surface area (Å²) < 4.78 is 13.4. The molecule has 0 spiro atoms. The third-order valence-electron chi connectivity index (χ3n) is 5.57. The Balaban J connectivity index is 2.28. The zero-order valence-electron chi connectivity index (χ0n) is 14.9. The third-order valence-corrected chi connectivity index (χ3v) is 11.0. The second-order valence-corrected chi connectivity index (χ2v) is 13.3. The maximum Gasteiger partial charge on any atom is 0.227 e. The van der Waals surface area contributed by atoms with E-state index in [0.717, 1.165) is 0 Å². The quantitative estimate of drug-likeness (QED) is 0.452. The van der Waals surface area contributed by atoms with Crippen molar-refractivity contribution in [3.8, 4) is 0 Å². The van der Waals surface area contributed by atoms with Gasteiger partial charge in [-0.3, -0.25) is 9.59 Å². The van der Waals surface area contributed by atoms with E-state index < -0.39 is 19.9 Å². The van der Waals surface area contributed by atoms with Crippen molar-refractivity contribution in [2.45, 2.75) is 71.0 Å². The Morgan fingerprint density at radius 2 is 1.82 bits per heavy atom. The van der Waals surface area contributed by atoms with Gasteiger partial charge in [0.05, 0.1) is 13.2 Å². The molecule has 0 bridgehead atoms. The number of Topliss-reactive ketones (excluding diaryl/α,β-unsaturated/α-hetero) is 1. The molecule has 5 nitrogen and oxygen atoms in total. The van der Waals surface area contributed by atoms with Crippen LogP contribution in [0.25, 0.3) is 0 Å². The van der Waals surface area contributed by atoms with E-state index in [4.69, 9.17) is 9.47 Å². The Morgan fingerprint density at radius 3 is 2.23 bits per heavy atom. The van der Waals surface area contributed by atoms with Gasteiger partial charge in [0, 0.05) is 12.5 Å². The lowest BCUT2D eigenvalue weighted by molar-refractivity contribution is -0.177. The summed E-state index contributed by atoms with van der Waals surface area (Å²) in [6.45, 7) is 15.5. The smallest absolute Gasteiger partial charge is 0.227 e. The average Bonchev–Trinajstić information content (AvgIpc) is 2.72. The van der Waals surface area contributed by atoms with Crippen LogP contribution < -0.4 is 0 Å². The zero-order chi connectivity index (χ0) is 16.9. The van der Waals surface area contributed by atoms with Gasteiger partial charge in [0.2, 0.25) is 5.91 Å². The van der Waals surface area contributed by atoms with Crippen molar-refractivity contribution in [2.24, 2.45) is 5.92 Å². The van der Waals surface area contributed by atoms with Gasteiger partial charge in [0.1, 0.15) is 11.7 Å². The van der Waals surface area contributed by atoms with Gasteiger partial charge in [-0.25, -0.2) is 0 Å². The number of ether oxygens (including phenoxy) is 2. The van der Waals surface area contributed by atoms with Crippen LogP contribution in [0.3, 0.4) is 0 Å². The van der Waals surface area contributed by atoms with E-state index >= 15 is 0 Å². The number of rotatable bonds is 4. The van der Waals surface area contributed by atoms with Crippen molar-refractivity contribution in [2.75, 3.05) is 13.2 Å². The van der Waals surface area contributed by atoms with E-state index in [1.165, 1.54) is 6.92 Å². The number of amides is 1. The monoisotopic (exact) mass is 327 g/mol. The molecule has 6 heteroatoms. The highest BCUT2D eigenvalue weighted by atomic mass is 28.3. The van der Waals surface area contributed by atoms with E-state index in [0.29, 0.717) is 19.6 Å². The Morgan fingerprint density at radius 1 is 1.32 bits per heavy atom. The second-order valence-electron chi connectivity index (χ2n) is 8.21. The molecule has 1 amide bonds. The largest absolute Gasteiger partial charge is 0.364 e. The standard InChI is InChI=1S/C16H29NO4Si/c1-11(18)13-12(10-16(5)20-8-9-21-16)17(14(13)19)22(6,7)15(2,3)4/h12-13H,8-10H2,1-7H3/t12-,13-/m0/s1. The number of hydrogen-bond donors (Lipinski definition) is 0. The number of nitrogens with zero attached hydrogens (tertiary/aromatic N) is 1. The van der Waals surface area contributed by atoms with Crippen molar-refractivity contribution < 1.29 is 19.1 Å². The van der Waals surface area contributed by atoms with Crippen LogP contribution in [-0.2, 0) is 19.1 Å². The Kier molecular flexibility index (Phi) is 4.34. The van der Waals surface area contributed by atoms with E-state index in [2.05, 4.69) is 33.9 Å². The first kappa shape index (κ1) is 17.6. The van der Waals surface area contributed by atoms with Crippen LogP contribution in [-0.4, -0.2) is 49.5 Å². The fourth-order valence-corrected chi connectivity index (χ4v) is 5.79. The van der Waals surface area contributed by atoms with Gasteiger partial charge < -0.3 is 14.0 Å². The number of ketones is 1. The van der Waals surface area contributed by atoms with Gasteiger partial charge in [0.25, 0.3) is 0 Å². The van der Waals surface area contributed by atoms with Crippen LogP contribution >= 0.6 is 0 Å². The normalized spacial score (nSPS) is 28.7. The minimum Gasteiger partial charge on any atom is -0.364 e. The van der Waals surface area contributed by atoms with Gasteiger partial charge in [-0.15, -0.1) is 0 Å². The number of carbonyl (C=O) groups excluding carboxylic acids is 2. The van der Waals surface area contributed by atoms with Crippen LogP contribution in [0.1, 0.15) is 41.0 Å². The zero-order valence-corrected chi connectivity index (χ0v) is 15.9. The fourth-order valence-electron chi connectivity index (χ4n) is 3.30. The summed E-state index contributed by atoms with van der Waals surface area (Å²) >= 11 is 0. The molecule has 2 rings (SSSR count). The van der Waals surface area contributed by atoms with Gasteiger partial charge in [-0.2, -0.15) is 0 Å². The first-order valence-electron chi connectivity index (χ1n) is 8.02. The lowest BCUT2D eigenvalue weighted by atomic mass is 9.83. The van der Waals surface area contributed by atoms with E-state index in [1.807, 2.05) is 11.5 Å². The third kappa shape index (κ3) is 2.76. The SMILES string of the molecule is CC(=O)[C@@H]1C(=O)N([Si](C)(C)C(C)(C)C)[C@H]1CC1(C)OCCO1. The van der Waals surface area contributed by atoms with Crippen molar-refractivity contribution in [1.29, 1.82) is 0 Å². The molecule has 126 valence electrons. The summed E-state index contributed by atoms with van der Waals surface area (Å²) in [4.78, 5) is 24.6. The Labute approximate surface area is 134 Å². The summed E-state index contributed by atoms with van der Waals surface area (Å²) in [5, 5.41) is 0.0426. The molecule has 22 heavy (non-hydrogen) atoms. The molecular weight excluding hydrogens is 298 g/mol. The highest BCUT2D eigenvalue weighted by Crippen LogP contribution is 2.47. The Bertz CT molecular complexity index is 477. The summed E-state index contributed by atoms with van der Waals surface area (Å²) in [7, 11) is -2.02. The van der Waals surface area contributed by atoms with E-state index in [1.54, 1.807) is 0 Å². The summed E-state index contributed by atoms with van der Waals surface area (Å²) in [6.07, 6.45) is 0.565. The molecule has 0 aliphatic carbocycles. The highest BCUT2D eigenvalue weighted by Gasteiger charge is 2.60. The highest BCUT2D eigenvalue weighted by molar-refractivity contribution is 6.80. The maximum atomic E-state index is 12.6. The molecular formula is C16H29NO4Si. The molecule has 0 aromatic rings. The molecule has 2 atom stereocenters. The van der Waals surface area contributed by atoms with E-state index in [9.17, 15) is 9.59 Å². The molecule has 0 aromatic carbocycles. The van der Waals surface area contributed by atoms with Crippen LogP contribution in [0.4, 0.5) is 0 Å². The van der Waals surface area contributed by atoms with E-state index in [-0.39, 0.29) is 22.8 Å². The molecule has 2 aliphatic heterocycles. The predicted octanol–water partition coefficient (Wildman–Crippen LogP) is 2.56. The number of hydrogen-bond acceptors (Lipinski definition) is 4. The first-order valence-corrected chi connectivity index (χ1v) is 11.0. The lowest BCUT2D eigenvalue weighted by Crippen LogP contribution is -2.74. The van der Waals surface area contributed by atoms with Crippen LogP contribution in [0.2, 0.25) is 18.1 Å². The fraction of sp³-hybridized carbons (Fsp3) is 0.875. The molecule has 0 saturated carbocycles. The molecule has 2 heterocycles. The van der Waals surface area contributed by atoms with Crippen LogP contribution in [0.5, 0.6) is 0 Å². The first-order chi connectivity index (χ1) is 9.91. The summed E-state index contributed by atoms with van der Waals surface area (Å²) in [6, 6.07) is -0.103. The number of β-lactam (4-membered cyclic amide) rings is 1. The van der Waals surface area contributed by atoms with Gasteiger partial charge >= 0.3 is 0 Å². The van der Waals surface area contributed by atoms with Crippen LogP contribution in [0, 0.1) is 5.92 Å².